The Labute approximate surface area is 135 Å². The van der Waals surface area contributed by atoms with Crippen molar-refractivity contribution in [2.24, 2.45) is 0 Å². The highest BCUT2D eigenvalue weighted by atomic mass is 16.6. The molecular formula is C15H23N3O5. The minimum Gasteiger partial charge on any atom is -0.495 e. The van der Waals surface area contributed by atoms with E-state index in [1.807, 2.05) is 6.92 Å². The van der Waals surface area contributed by atoms with Gasteiger partial charge in [0, 0.05) is 24.7 Å². The van der Waals surface area contributed by atoms with E-state index in [0.29, 0.717) is 18.0 Å². The highest BCUT2D eigenvalue weighted by Gasteiger charge is 2.17. The molecule has 1 amide bonds. The first kappa shape index (κ1) is 18.5. The maximum Gasteiger partial charge on any atom is 0.407 e. The number of rotatable bonds is 6. The van der Waals surface area contributed by atoms with Gasteiger partial charge in [0.15, 0.2) is 0 Å². The van der Waals surface area contributed by atoms with E-state index in [9.17, 15) is 14.9 Å². The molecule has 1 aromatic rings. The van der Waals surface area contributed by atoms with Crippen molar-refractivity contribution in [3.8, 4) is 5.75 Å². The van der Waals surface area contributed by atoms with E-state index in [0.717, 1.165) is 0 Å². The van der Waals surface area contributed by atoms with Crippen molar-refractivity contribution >= 4 is 17.5 Å². The van der Waals surface area contributed by atoms with E-state index in [1.54, 1.807) is 20.8 Å². The van der Waals surface area contributed by atoms with Gasteiger partial charge in [-0.25, -0.2) is 4.79 Å². The van der Waals surface area contributed by atoms with Crippen LogP contribution in [-0.2, 0) is 4.74 Å². The molecule has 1 aromatic carbocycles. The van der Waals surface area contributed by atoms with Crippen molar-refractivity contribution < 1.29 is 19.2 Å². The number of anilines is 1. The summed E-state index contributed by atoms with van der Waals surface area (Å²) < 4.78 is 10.3. The molecule has 0 spiro atoms. The number of hydrogen-bond donors (Lipinski definition) is 2. The third-order valence-electron chi connectivity index (χ3n) is 2.75. The summed E-state index contributed by atoms with van der Waals surface area (Å²) in [4.78, 5) is 22.0. The third-order valence-corrected chi connectivity index (χ3v) is 2.75. The lowest BCUT2D eigenvalue weighted by molar-refractivity contribution is -0.384. The summed E-state index contributed by atoms with van der Waals surface area (Å²) in [5.41, 5.74) is -0.120. The molecule has 1 rings (SSSR count). The van der Waals surface area contributed by atoms with Gasteiger partial charge in [0.25, 0.3) is 5.69 Å². The van der Waals surface area contributed by atoms with Crippen LogP contribution >= 0.6 is 0 Å². The monoisotopic (exact) mass is 325 g/mol. The van der Waals surface area contributed by atoms with Crippen molar-refractivity contribution in [1.82, 2.24) is 5.32 Å². The number of non-ortho nitro benzene ring substituents is 1. The minimum absolute atomic E-state index is 0.0411. The van der Waals surface area contributed by atoms with Gasteiger partial charge in [-0.15, -0.1) is 0 Å². The van der Waals surface area contributed by atoms with Gasteiger partial charge < -0.3 is 20.1 Å². The number of nitro benzene ring substituents is 1. The van der Waals surface area contributed by atoms with Gasteiger partial charge in [-0.2, -0.15) is 0 Å². The molecule has 8 heteroatoms. The van der Waals surface area contributed by atoms with E-state index < -0.39 is 16.6 Å². The second-order valence-electron chi connectivity index (χ2n) is 6.07. The zero-order valence-electron chi connectivity index (χ0n) is 14.0. The molecule has 1 atom stereocenters. The van der Waals surface area contributed by atoms with Gasteiger partial charge in [-0.3, -0.25) is 10.1 Å². The van der Waals surface area contributed by atoms with E-state index in [4.69, 9.17) is 9.47 Å². The van der Waals surface area contributed by atoms with Crippen molar-refractivity contribution in [1.29, 1.82) is 0 Å². The molecule has 8 nitrogen and oxygen atoms in total. The number of nitro groups is 1. The molecule has 0 saturated carbocycles. The predicted molar refractivity (Wildman–Crippen MR) is 87.0 cm³/mol. The van der Waals surface area contributed by atoms with Gasteiger partial charge in [0.05, 0.1) is 17.7 Å². The van der Waals surface area contributed by atoms with Gasteiger partial charge in [0.1, 0.15) is 11.4 Å². The molecule has 0 bridgehead atoms. The maximum atomic E-state index is 11.6. The van der Waals surface area contributed by atoms with Crippen molar-refractivity contribution in [2.45, 2.75) is 39.3 Å². The van der Waals surface area contributed by atoms with Crippen molar-refractivity contribution in [3.05, 3.63) is 28.3 Å². The number of carbonyl (C=O) groups is 1. The third kappa shape index (κ3) is 6.41. The van der Waals surface area contributed by atoms with Crippen LogP contribution in [0.4, 0.5) is 16.2 Å². The Balaban J connectivity index is 2.66. The average Bonchev–Trinajstić information content (AvgIpc) is 2.43. The van der Waals surface area contributed by atoms with Gasteiger partial charge in [-0.1, -0.05) is 0 Å². The lowest BCUT2D eigenvalue weighted by atomic mass is 10.2. The van der Waals surface area contributed by atoms with Crippen LogP contribution in [-0.4, -0.2) is 36.3 Å². The van der Waals surface area contributed by atoms with Crippen LogP contribution in [0.25, 0.3) is 0 Å². The number of hydrogen-bond acceptors (Lipinski definition) is 6. The largest absolute Gasteiger partial charge is 0.495 e. The lowest BCUT2D eigenvalue weighted by Gasteiger charge is -2.22. The molecule has 2 N–H and O–H groups in total. The normalized spacial score (nSPS) is 12.2. The highest BCUT2D eigenvalue weighted by molar-refractivity contribution is 5.68. The Morgan fingerprint density at radius 3 is 2.57 bits per heavy atom. The second-order valence-corrected chi connectivity index (χ2v) is 6.07. The van der Waals surface area contributed by atoms with E-state index >= 15 is 0 Å². The lowest BCUT2D eigenvalue weighted by Crippen LogP contribution is -2.38. The Hall–Kier alpha value is -2.51. The topological polar surface area (TPSA) is 103 Å². The van der Waals surface area contributed by atoms with Gasteiger partial charge >= 0.3 is 6.09 Å². The first-order valence-electron chi connectivity index (χ1n) is 7.18. The summed E-state index contributed by atoms with van der Waals surface area (Å²) in [6, 6.07) is 4.10. The minimum atomic E-state index is -0.565. The quantitative estimate of drug-likeness (QED) is 0.616. The molecule has 0 aliphatic carbocycles. The zero-order chi connectivity index (χ0) is 17.6. The molecule has 128 valence electrons. The number of methoxy groups -OCH3 is 1. The smallest absolute Gasteiger partial charge is 0.407 e. The summed E-state index contributed by atoms with van der Waals surface area (Å²) in [5.74, 6) is 0.486. The summed E-state index contributed by atoms with van der Waals surface area (Å²) in [5, 5.41) is 16.6. The van der Waals surface area contributed by atoms with E-state index in [1.165, 1.54) is 25.3 Å². The molecule has 0 heterocycles. The Morgan fingerprint density at radius 1 is 1.39 bits per heavy atom. The maximum absolute atomic E-state index is 11.6. The first-order chi connectivity index (χ1) is 10.6. The number of carbonyl (C=O) groups excluding carboxylic acids is 1. The van der Waals surface area contributed by atoms with Crippen molar-refractivity contribution in [2.75, 3.05) is 19.0 Å². The molecule has 0 aliphatic heterocycles. The Kier molecular flexibility index (Phi) is 6.18. The summed E-state index contributed by atoms with van der Waals surface area (Å²) in [7, 11) is 1.48. The fourth-order valence-corrected chi connectivity index (χ4v) is 1.79. The number of ether oxygens (including phenoxy) is 2. The fourth-order valence-electron chi connectivity index (χ4n) is 1.79. The van der Waals surface area contributed by atoms with Crippen LogP contribution in [0.2, 0.25) is 0 Å². The van der Waals surface area contributed by atoms with Crippen LogP contribution in [0, 0.1) is 10.1 Å². The van der Waals surface area contributed by atoms with Crippen molar-refractivity contribution in [3.63, 3.8) is 0 Å². The number of nitrogens with one attached hydrogen (secondary N) is 2. The molecular weight excluding hydrogens is 302 g/mol. The summed E-state index contributed by atoms with van der Waals surface area (Å²) >= 11 is 0. The van der Waals surface area contributed by atoms with Gasteiger partial charge in [0.2, 0.25) is 0 Å². The molecule has 0 saturated heterocycles. The molecule has 1 unspecified atom stereocenters. The predicted octanol–water partition coefficient (Wildman–Crippen LogP) is 2.93. The van der Waals surface area contributed by atoms with E-state index in [-0.39, 0.29) is 11.7 Å². The van der Waals surface area contributed by atoms with Crippen LogP contribution in [0.15, 0.2) is 18.2 Å². The molecule has 0 aliphatic rings. The summed E-state index contributed by atoms with van der Waals surface area (Å²) in [6.45, 7) is 7.46. The Bertz CT molecular complexity index is 569. The number of nitrogens with zero attached hydrogens (tertiary/aromatic N) is 1. The van der Waals surface area contributed by atoms with Gasteiger partial charge in [-0.05, 0) is 33.8 Å². The average molecular weight is 325 g/mol. The van der Waals surface area contributed by atoms with Crippen LogP contribution in [0.5, 0.6) is 5.75 Å². The molecule has 23 heavy (non-hydrogen) atoms. The molecule has 0 fully saturated rings. The highest BCUT2D eigenvalue weighted by Crippen LogP contribution is 2.29. The second kappa shape index (κ2) is 7.66. The van der Waals surface area contributed by atoms with Crippen LogP contribution in [0.1, 0.15) is 27.7 Å². The van der Waals surface area contributed by atoms with Crippen LogP contribution < -0.4 is 15.4 Å². The number of amides is 1. The standard InChI is InChI=1S/C15H23N3O5/c1-10(9-16-14(19)23-15(2,3)4)17-12-8-11(18(20)21)6-7-13(12)22-5/h6-8,10,17H,9H2,1-5H3,(H,16,19). The number of benzene rings is 1. The molecule has 0 aromatic heterocycles. The van der Waals surface area contributed by atoms with Crippen LogP contribution in [0.3, 0.4) is 0 Å². The first-order valence-corrected chi connectivity index (χ1v) is 7.18. The molecule has 0 radical (unpaired) electrons. The fraction of sp³-hybridized carbons (Fsp3) is 0.533. The van der Waals surface area contributed by atoms with E-state index in [2.05, 4.69) is 10.6 Å². The summed E-state index contributed by atoms with van der Waals surface area (Å²) in [6.07, 6.45) is -0.517. The Morgan fingerprint density at radius 2 is 2.04 bits per heavy atom. The SMILES string of the molecule is COc1ccc([N+](=O)[O-])cc1NC(C)CNC(=O)OC(C)(C)C. The zero-order valence-corrected chi connectivity index (χ0v) is 14.0. The number of alkyl carbamates (subject to hydrolysis) is 1.